The molecule has 0 bridgehead atoms. The van der Waals surface area contributed by atoms with Crippen LogP contribution in [-0.4, -0.2) is 11.6 Å². The van der Waals surface area contributed by atoms with Crippen molar-refractivity contribution in [3.8, 4) is 6.07 Å². The molecule has 3 heteroatoms. The normalized spacial score (nSPS) is 40.1. The molecule has 3 rings (SSSR count). The fourth-order valence-corrected chi connectivity index (χ4v) is 9.01. The van der Waals surface area contributed by atoms with E-state index < -0.39 is 5.41 Å². The Morgan fingerprint density at radius 1 is 1.08 bits per heavy atom. The van der Waals surface area contributed by atoms with Crippen molar-refractivity contribution in [3.05, 3.63) is 11.6 Å². The second-order valence-corrected chi connectivity index (χ2v) is 15.9. The van der Waals surface area contributed by atoms with Gasteiger partial charge in [-0.3, -0.25) is 4.79 Å². The summed E-state index contributed by atoms with van der Waals surface area (Å²) in [7, 11) is 0. The molecule has 0 N–H and O–H groups in total. The zero-order valence-corrected chi connectivity index (χ0v) is 25.2. The van der Waals surface area contributed by atoms with Gasteiger partial charge in [-0.1, -0.05) is 75.3 Å². The van der Waals surface area contributed by atoms with Gasteiger partial charge < -0.3 is 4.79 Å². The molecular formula is C33H53NO2. The summed E-state index contributed by atoms with van der Waals surface area (Å²) in [5, 5.41) is 9.87. The Hall–Kier alpha value is -1.43. The molecule has 3 aliphatic rings. The van der Waals surface area contributed by atoms with E-state index in [9.17, 15) is 14.9 Å². The maximum absolute atomic E-state index is 13.2. The van der Waals surface area contributed by atoms with Gasteiger partial charge in [-0.15, -0.1) is 0 Å². The van der Waals surface area contributed by atoms with Gasteiger partial charge in [-0.25, -0.2) is 0 Å². The molecule has 2 saturated carbocycles. The molecule has 0 heterocycles. The van der Waals surface area contributed by atoms with Gasteiger partial charge in [0, 0.05) is 11.8 Å². The Bertz CT molecular complexity index is 978. The van der Waals surface area contributed by atoms with Gasteiger partial charge in [0.15, 0.2) is 5.78 Å². The van der Waals surface area contributed by atoms with Crippen LogP contribution in [0.15, 0.2) is 11.6 Å². The first kappa shape index (κ1) is 29.1. The smallest absolute Gasteiger partial charge is 0.178 e. The highest BCUT2D eigenvalue weighted by atomic mass is 16.1. The minimum Gasteiger partial charge on any atom is -0.300 e. The van der Waals surface area contributed by atoms with Crippen LogP contribution in [0.4, 0.5) is 0 Å². The van der Waals surface area contributed by atoms with E-state index in [1.54, 1.807) is 6.92 Å². The molecule has 6 atom stereocenters. The molecule has 3 nitrogen and oxygen atoms in total. The lowest BCUT2D eigenvalue weighted by atomic mass is 9.39. The van der Waals surface area contributed by atoms with E-state index in [4.69, 9.17) is 0 Å². The number of allylic oxidation sites excluding steroid dienone is 2. The third-order valence-corrected chi connectivity index (χ3v) is 12.3. The zero-order valence-electron chi connectivity index (χ0n) is 25.2. The third-order valence-electron chi connectivity index (χ3n) is 12.3. The summed E-state index contributed by atoms with van der Waals surface area (Å²) in [4.78, 5) is 25.9. The first-order valence-electron chi connectivity index (χ1n) is 14.4. The molecule has 2 fully saturated rings. The molecule has 0 aliphatic heterocycles. The average Bonchev–Trinajstić information content (AvgIpc) is 2.75. The average molecular weight is 496 g/mol. The summed E-state index contributed by atoms with van der Waals surface area (Å²) < 4.78 is 0. The van der Waals surface area contributed by atoms with E-state index in [0.29, 0.717) is 28.7 Å². The Kier molecular flexibility index (Phi) is 7.36. The van der Waals surface area contributed by atoms with E-state index in [1.807, 2.05) is 19.9 Å². The van der Waals surface area contributed by atoms with Crippen LogP contribution in [0.2, 0.25) is 0 Å². The number of ketones is 2. The molecule has 0 aromatic heterocycles. The van der Waals surface area contributed by atoms with E-state index in [-0.39, 0.29) is 39.6 Å². The Morgan fingerprint density at radius 2 is 1.69 bits per heavy atom. The van der Waals surface area contributed by atoms with Crippen LogP contribution in [-0.2, 0) is 9.59 Å². The van der Waals surface area contributed by atoms with Crippen LogP contribution < -0.4 is 0 Å². The number of hydrogen-bond acceptors (Lipinski definition) is 3. The van der Waals surface area contributed by atoms with Gasteiger partial charge in [0.05, 0.1) is 5.57 Å². The first-order chi connectivity index (χ1) is 16.3. The highest BCUT2D eigenvalue weighted by Gasteiger charge is 2.63. The molecule has 0 aromatic rings. The molecule has 202 valence electrons. The van der Waals surface area contributed by atoms with Crippen molar-refractivity contribution in [2.45, 2.75) is 128 Å². The first-order valence-corrected chi connectivity index (χ1v) is 14.4. The molecule has 3 aliphatic carbocycles. The van der Waals surface area contributed by atoms with Crippen LogP contribution in [0, 0.1) is 61.6 Å². The van der Waals surface area contributed by atoms with Gasteiger partial charge in [-0.2, -0.15) is 5.26 Å². The van der Waals surface area contributed by atoms with Crippen molar-refractivity contribution in [2.24, 2.45) is 50.2 Å². The van der Waals surface area contributed by atoms with Crippen molar-refractivity contribution in [1.82, 2.24) is 0 Å². The third kappa shape index (κ3) is 4.65. The number of rotatable bonds is 6. The minimum absolute atomic E-state index is 0.0287. The molecule has 36 heavy (non-hydrogen) atoms. The molecule has 0 radical (unpaired) electrons. The van der Waals surface area contributed by atoms with E-state index in [0.717, 1.165) is 19.3 Å². The second kappa shape index (κ2) is 9.10. The highest BCUT2D eigenvalue weighted by Crippen LogP contribution is 2.68. The van der Waals surface area contributed by atoms with Crippen molar-refractivity contribution in [3.63, 3.8) is 0 Å². The maximum Gasteiger partial charge on any atom is 0.178 e. The lowest BCUT2D eigenvalue weighted by Crippen LogP contribution is -2.60. The van der Waals surface area contributed by atoms with Gasteiger partial charge in [0.2, 0.25) is 0 Å². The quantitative estimate of drug-likeness (QED) is 0.370. The fourth-order valence-electron chi connectivity index (χ4n) is 9.01. The van der Waals surface area contributed by atoms with Crippen LogP contribution in [0.5, 0.6) is 0 Å². The Balaban J connectivity index is 1.99. The predicted octanol–water partition coefficient (Wildman–Crippen LogP) is 8.72. The number of carbonyl (C=O) groups is 2. The van der Waals surface area contributed by atoms with Crippen LogP contribution >= 0.6 is 0 Å². The van der Waals surface area contributed by atoms with E-state index in [1.165, 1.54) is 25.7 Å². The summed E-state index contributed by atoms with van der Waals surface area (Å²) in [6.45, 7) is 25.1. The molecule has 1 unspecified atom stereocenters. The molecular weight excluding hydrogens is 442 g/mol. The summed E-state index contributed by atoms with van der Waals surface area (Å²) in [5.74, 6) is 1.13. The molecule has 0 saturated heterocycles. The number of Topliss-reactive ketones (excluding diaryl/α,β-unsaturated/α-hetero) is 2. The predicted molar refractivity (Wildman–Crippen MR) is 148 cm³/mol. The minimum atomic E-state index is -0.590. The summed E-state index contributed by atoms with van der Waals surface area (Å²) in [6.07, 6.45) is 10.7. The van der Waals surface area contributed by atoms with Crippen molar-refractivity contribution < 1.29 is 9.59 Å². The fraction of sp³-hybridized carbons (Fsp3) is 0.848. The summed E-state index contributed by atoms with van der Waals surface area (Å²) in [6, 6.07) is 2.22. The monoisotopic (exact) mass is 495 g/mol. The summed E-state index contributed by atoms with van der Waals surface area (Å²) >= 11 is 0. The van der Waals surface area contributed by atoms with Crippen molar-refractivity contribution >= 4 is 11.6 Å². The SMILES string of the molecule is CC(=O)C[C@@H]1[C@@]2(C)C=C(C#N)C(=O)C(C)(C)[C@@H]2CC[C@@]1(C)C(C)(C)CC[C@@]1(C)CCC(C)(C)CC1C. The number of nitriles is 1. The van der Waals surface area contributed by atoms with Gasteiger partial charge in [0.25, 0.3) is 0 Å². The Labute approximate surface area is 221 Å². The topological polar surface area (TPSA) is 57.9 Å². The van der Waals surface area contributed by atoms with Crippen LogP contribution in [0.3, 0.4) is 0 Å². The molecule has 0 aromatic carbocycles. The van der Waals surface area contributed by atoms with E-state index in [2.05, 4.69) is 61.5 Å². The number of carbonyl (C=O) groups excluding carboxylic acids is 2. The van der Waals surface area contributed by atoms with Gasteiger partial charge in [0.1, 0.15) is 11.9 Å². The lowest BCUT2D eigenvalue weighted by Gasteiger charge is -2.64. The van der Waals surface area contributed by atoms with Crippen LogP contribution in [0.25, 0.3) is 0 Å². The van der Waals surface area contributed by atoms with E-state index >= 15 is 0 Å². The maximum atomic E-state index is 13.2. The summed E-state index contributed by atoms with van der Waals surface area (Å²) in [5.41, 5.74) is 0.106. The molecule has 0 amide bonds. The second-order valence-electron chi connectivity index (χ2n) is 15.9. The number of nitrogens with zero attached hydrogens (tertiary/aromatic N) is 1. The molecule has 0 spiro atoms. The van der Waals surface area contributed by atoms with Crippen LogP contribution in [0.1, 0.15) is 128 Å². The standard InChI is InChI=1S/C33H53NO2/c1-22-19-28(3,4)14-16-31(22,9)17-15-29(5,6)33(11)13-12-25-30(7,8)27(36)24(21-34)20-32(25,10)26(33)18-23(2)35/h20,22,25-26H,12-19H2,1-11H3/t22?,25-,26+,31+,32-,33+/m0/s1. The number of hydrogen-bond donors (Lipinski definition) is 0. The number of fused-ring (bicyclic) bond motifs is 1. The van der Waals surface area contributed by atoms with Gasteiger partial charge in [-0.05, 0) is 96.7 Å². The Morgan fingerprint density at radius 3 is 2.22 bits per heavy atom. The largest absolute Gasteiger partial charge is 0.300 e. The highest BCUT2D eigenvalue weighted by molar-refractivity contribution is 6.04. The van der Waals surface area contributed by atoms with Crippen molar-refractivity contribution in [1.29, 1.82) is 5.26 Å². The van der Waals surface area contributed by atoms with Crippen molar-refractivity contribution in [2.75, 3.05) is 0 Å². The zero-order chi connectivity index (χ0) is 27.5. The van der Waals surface area contributed by atoms with Gasteiger partial charge >= 0.3 is 0 Å². The lowest BCUT2D eigenvalue weighted by molar-refractivity contribution is -0.156.